The molecule has 0 aromatic carbocycles. The van der Waals surface area contributed by atoms with Crippen LogP contribution in [0.4, 0.5) is 0 Å². The molecule has 20 heavy (non-hydrogen) atoms. The number of halogens is 1. The first-order valence-corrected chi connectivity index (χ1v) is 9.25. The summed E-state index contributed by atoms with van der Waals surface area (Å²) < 4.78 is 1.14. The molecule has 1 saturated heterocycles. The van der Waals surface area contributed by atoms with Crippen LogP contribution in [-0.4, -0.2) is 53.7 Å². The predicted octanol–water partition coefficient (Wildman–Crippen LogP) is 2.39. The molecular weight excluding hydrogens is 358 g/mol. The molecule has 0 bridgehead atoms. The van der Waals surface area contributed by atoms with Crippen molar-refractivity contribution in [2.75, 3.05) is 32.1 Å². The van der Waals surface area contributed by atoms with Gasteiger partial charge >= 0.3 is 0 Å². The van der Waals surface area contributed by atoms with Crippen molar-refractivity contribution in [3.05, 3.63) is 20.8 Å². The minimum atomic E-state index is -0.590. The molecule has 1 unspecified atom stereocenters. The molecule has 7 heteroatoms. The van der Waals surface area contributed by atoms with Crippen molar-refractivity contribution in [3.8, 4) is 0 Å². The van der Waals surface area contributed by atoms with Gasteiger partial charge in [-0.15, -0.1) is 11.3 Å². The Balaban J connectivity index is 1.87. The number of rotatable bonds is 4. The van der Waals surface area contributed by atoms with E-state index in [9.17, 15) is 5.11 Å². The Morgan fingerprint density at radius 2 is 2.40 bits per heavy atom. The number of hydrogen-bond acceptors (Lipinski definition) is 4. The zero-order valence-electron chi connectivity index (χ0n) is 11.7. The largest absolute Gasteiger partial charge is 0.387 e. The van der Waals surface area contributed by atoms with Crippen molar-refractivity contribution in [3.63, 3.8) is 0 Å². The zero-order valence-corrected chi connectivity index (χ0v) is 14.9. The van der Waals surface area contributed by atoms with Gasteiger partial charge < -0.3 is 15.3 Å². The molecule has 1 aliphatic rings. The summed E-state index contributed by atoms with van der Waals surface area (Å²) in [6.07, 6.45) is 0.850. The van der Waals surface area contributed by atoms with Crippen LogP contribution in [0, 0.1) is 0 Å². The quantitative estimate of drug-likeness (QED) is 0.624. The van der Waals surface area contributed by atoms with Crippen LogP contribution in [-0.2, 0) is 6.54 Å². The second-order valence-electron chi connectivity index (χ2n) is 4.99. The first-order chi connectivity index (χ1) is 9.52. The van der Waals surface area contributed by atoms with Crippen LogP contribution < -0.4 is 5.32 Å². The predicted molar refractivity (Wildman–Crippen MR) is 91.7 cm³/mol. The van der Waals surface area contributed by atoms with E-state index < -0.39 is 5.60 Å². The molecule has 4 nitrogen and oxygen atoms in total. The first kappa shape index (κ1) is 16.1. The molecule has 1 atom stereocenters. The van der Waals surface area contributed by atoms with Crippen LogP contribution in [0.25, 0.3) is 0 Å². The number of guanidine groups is 1. The summed E-state index contributed by atoms with van der Waals surface area (Å²) in [5, 5.41) is 13.6. The van der Waals surface area contributed by atoms with Crippen molar-refractivity contribution >= 4 is 45.0 Å². The highest BCUT2D eigenvalue weighted by Crippen LogP contribution is 2.27. The molecule has 2 N–H and O–H groups in total. The number of thioether (sulfide) groups is 1. The second kappa shape index (κ2) is 7.15. The Kier molecular flexibility index (Phi) is 5.77. The average molecular weight is 378 g/mol. The number of nitrogens with zero attached hydrogens (tertiary/aromatic N) is 2. The standard InChI is InChI=1S/C13H20BrN3OS2/c1-15-12(16-8-13(18)5-6-19-9-13)17(2)7-10-3-4-11(14)20-10/h3-4,18H,5-9H2,1-2H3,(H,15,16). The topological polar surface area (TPSA) is 47.9 Å². The van der Waals surface area contributed by atoms with Crippen LogP contribution >= 0.6 is 39.0 Å². The van der Waals surface area contributed by atoms with Crippen molar-refractivity contribution in [2.45, 2.75) is 18.6 Å². The summed E-state index contributed by atoms with van der Waals surface area (Å²) in [5.41, 5.74) is -0.590. The number of thiophene rings is 1. The summed E-state index contributed by atoms with van der Waals surface area (Å²) >= 11 is 7.01. The molecule has 0 radical (unpaired) electrons. The molecule has 1 aliphatic heterocycles. The lowest BCUT2D eigenvalue weighted by molar-refractivity contribution is 0.0718. The van der Waals surface area contributed by atoms with Crippen LogP contribution in [0.1, 0.15) is 11.3 Å². The van der Waals surface area contributed by atoms with Gasteiger partial charge in [0.25, 0.3) is 0 Å². The third-order valence-corrected chi connectivity index (χ3v) is 6.10. The molecule has 1 aromatic heterocycles. The number of aliphatic hydroxyl groups is 1. The van der Waals surface area contributed by atoms with E-state index in [0.29, 0.717) is 6.54 Å². The lowest BCUT2D eigenvalue weighted by Crippen LogP contribution is -2.47. The van der Waals surface area contributed by atoms with E-state index in [0.717, 1.165) is 34.2 Å². The maximum Gasteiger partial charge on any atom is 0.193 e. The van der Waals surface area contributed by atoms with E-state index >= 15 is 0 Å². The van der Waals surface area contributed by atoms with Gasteiger partial charge in [-0.05, 0) is 40.2 Å². The van der Waals surface area contributed by atoms with Crippen molar-refractivity contribution < 1.29 is 5.11 Å². The summed E-state index contributed by atoms with van der Waals surface area (Å²) in [5.74, 6) is 2.66. The average Bonchev–Trinajstić information content (AvgIpc) is 3.00. The van der Waals surface area contributed by atoms with E-state index in [1.165, 1.54) is 4.88 Å². The first-order valence-electron chi connectivity index (χ1n) is 6.48. The maximum absolute atomic E-state index is 10.3. The van der Waals surface area contributed by atoms with Gasteiger partial charge in [0.2, 0.25) is 0 Å². The van der Waals surface area contributed by atoms with Crippen molar-refractivity contribution in [1.82, 2.24) is 10.2 Å². The van der Waals surface area contributed by atoms with Crippen molar-refractivity contribution in [1.29, 1.82) is 0 Å². The van der Waals surface area contributed by atoms with Gasteiger partial charge in [-0.25, -0.2) is 0 Å². The van der Waals surface area contributed by atoms with Crippen LogP contribution in [0.3, 0.4) is 0 Å². The van der Waals surface area contributed by atoms with E-state index in [1.807, 2.05) is 18.8 Å². The van der Waals surface area contributed by atoms with Gasteiger partial charge in [-0.2, -0.15) is 11.8 Å². The summed E-state index contributed by atoms with van der Waals surface area (Å²) in [6.45, 7) is 1.37. The molecule has 0 spiro atoms. The van der Waals surface area contributed by atoms with E-state index in [4.69, 9.17) is 0 Å². The highest BCUT2D eigenvalue weighted by atomic mass is 79.9. The van der Waals surface area contributed by atoms with Gasteiger partial charge in [0.1, 0.15) is 0 Å². The van der Waals surface area contributed by atoms with Gasteiger partial charge in [0.05, 0.1) is 15.9 Å². The lowest BCUT2D eigenvalue weighted by atomic mass is 10.0. The molecule has 1 fully saturated rings. The molecular formula is C13H20BrN3OS2. The van der Waals surface area contributed by atoms with Gasteiger partial charge in [0.15, 0.2) is 5.96 Å². The Bertz CT molecular complexity index is 472. The van der Waals surface area contributed by atoms with Gasteiger partial charge in [-0.1, -0.05) is 0 Å². The van der Waals surface area contributed by atoms with Crippen molar-refractivity contribution in [2.24, 2.45) is 4.99 Å². The number of aliphatic imine (C=N–C) groups is 1. The molecule has 0 aliphatic carbocycles. The Morgan fingerprint density at radius 1 is 1.60 bits per heavy atom. The SMILES string of the molecule is CN=C(NCC1(O)CCSC1)N(C)Cc1ccc(Br)s1. The van der Waals surface area contributed by atoms with Crippen LogP contribution in [0.5, 0.6) is 0 Å². The van der Waals surface area contributed by atoms with Gasteiger partial charge in [-0.3, -0.25) is 4.99 Å². The fraction of sp³-hybridized carbons (Fsp3) is 0.615. The Labute approximate surface area is 136 Å². The molecule has 1 aromatic rings. The number of nitrogens with one attached hydrogen (secondary N) is 1. The highest BCUT2D eigenvalue weighted by Gasteiger charge is 2.31. The second-order valence-corrected chi connectivity index (χ2v) is 8.64. The summed E-state index contributed by atoms with van der Waals surface area (Å²) in [6, 6.07) is 4.17. The highest BCUT2D eigenvalue weighted by molar-refractivity contribution is 9.11. The minimum absolute atomic E-state index is 0.561. The Morgan fingerprint density at radius 3 is 2.95 bits per heavy atom. The third kappa shape index (κ3) is 4.38. The molecule has 112 valence electrons. The molecule has 0 amide bonds. The smallest absolute Gasteiger partial charge is 0.193 e. The normalized spacial score (nSPS) is 23.1. The summed E-state index contributed by atoms with van der Waals surface area (Å²) in [7, 11) is 3.78. The fourth-order valence-electron chi connectivity index (χ4n) is 2.11. The summed E-state index contributed by atoms with van der Waals surface area (Å²) in [4.78, 5) is 7.64. The number of hydrogen-bond donors (Lipinski definition) is 2. The van der Waals surface area contributed by atoms with Crippen LogP contribution in [0.2, 0.25) is 0 Å². The molecule has 2 heterocycles. The van der Waals surface area contributed by atoms with E-state index in [-0.39, 0.29) is 0 Å². The zero-order chi connectivity index (χ0) is 14.6. The molecule has 2 rings (SSSR count). The maximum atomic E-state index is 10.3. The van der Waals surface area contributed by atoms with Crippen LogP contribution in [0.15, 0.2) is 20.9 Å². The van der Waals surface area contributed by atoms with Gasteiger partial charge in [0, 0.05) is 31.3 Å². The fourth-order valence-corrected chi connectivity index (χ4v) is 4.94. The van der Waals surface area contributed by atoms with E-state index in [2.05, 4.69) is 43.3 Å². The third-order valence-electron chi connectivity index (χ3n) is 3.25. The van der Waals surface area contributed by atoms with E-state index in [1.54, 1.807) is 18.4 Å². The lowest BCUT2D eigenvalue weighted by Gasteiger charge is -2.26. The Hall–Kier alpha value is -0.240. The minimum Gasteiger partial charge on any atom is -0.387 e. The molecule has 0 saturated carbocycles. The monoisotopic (exact) mass is 377 g/mol.